The number of phenolic OH excluding ortho intramolecular Hbond substituents is 1. The Kier molecular flexibility index (Phi) is 11.0. The number of hydrogen-bond acceptors (Lipinski definition) is 2. The zero-order valence-electron chi connectivity index (χ0n) is 11.9. The molecule has 1 rings (SSSR count). The van der Waals surface area contributed by atoms with Gasteiger partial charge in [-0.25, -0.2) is 0 Å². The van der Waals surface area contributed by atoms with Crippen molar-refractivity contribution in [2.45, 2.75) is 34.1 Å². The van der Waals surface area contributed by atoms with Gasteiger partial charge in [0.2, 0.25) is 0 Å². The Bertz CT molecular complexity index is 409. The normalized spacial score (nSPS) is 10.5. The number of hydrogen-bond donors (Lipinski definition) is 1. The minimum absolute atomic E-state index is 0.346. The standard InChI is InChI=1S/C14H21NO.2ClH.Zr/c1-10(2)5-6-15-9-13-8-11(3)7-12(4)14(13)16;;;/h7-10,16H,5-6H2,1-4H3;2*1H;/q;;;+2/p-2. The van der Waals surface area contributed by atoms with E-state index in [0.717, 1.165) is 29.7 Å². The first-order valence-corrected chi connectivity index (χ1v) is 12.5. The summed E-state index contributed by atoms with van der Waals surface area (Å²) in [6.45, 7) is 9.13. The molecule has 19 heavy (non-hydrogen) atoms. The first-order valence-electron chi connectivity index (χ1n) is 6.18. The molecule has 0 saturated carbocycles. The number of aromatic hydroxyl groups is 1. The van der Waals surface area contributed by atoms with Crippen molar-refractivity contribution in [1.82, 2.24) is 0 Å². The average molecular weight is 381 g/mol. The van der Waals surface area contributed by atoms with Crippen LogP contribution in [0.1, 0.15) is 37.0 Å². The molecule has 0 fully saturated rings. The molecule has 0 aromatic heterocycles. The first-order chi connectivity index (χ1) is 8.92. The van der Waals surface area contributed by atoms with Gasteiger partial charge in [0.1, 0.15) is 5.75 Å². The summed E-state index contributed by atoms with van der Waals surface area (Å²) in [6.07, 6.45) is 2.86. The van der Waals surface area contributed by atoms with Crippen molar-refractivity contribution in [3.05, 3.63) is 28.8 Å². The summed E-state index contributed by atoms with van der Waals surface area (Å²) in [7, 11) is 9.87. The molecule has 1 aromatic carbocycles. The summed E-state index contributed by atoms with van der Waals surface area (Å²) in [4.78, 5) is 4.34. The molecule has 1 N–H and O–H groups in total. The second-order valence-corrected chi connectivity index (χ2v) is 8.54. The van der Waals surface area contributed by atoms with Crippen LogP contribution in [0.15, 0.2) is 17.1 Å². The van der Waals surface area contributed by atoms with Gasteiger partial charge in [-0.05, 0) is 43.4 Å². The number of nitrogens with zero attached hydrogens (tertiary/aromatic N) is 1. The Labute approximate surface area is 134 Å². The molecule has 1 aromatic rings. The first kappa shape index (κ1) is 19.2. The summed E-state index contributed by atoms with van der Waals surface area (Å²) < 4.78 is 0. The molecule has 0 bridgehead atoms. The van der Waals surface area contributed by atoms with E-state index in [2.05, 4.69) is 18.8 Å². The van der Waals surface area contributed by atoms with Crippen molar-refractivity contribution in [3.63, 3.8) is 0 Å². The molecule has 0 aliphatic heterocycles. The molecule has 0 atom stereocenters. The summed E-state index contributed by atoms with van der Waals surface area (Å²) in [5, 5.41) is 9.84. The molecule has 2 nitrogen and oxygen atoms in total. The van der Waals surface area contributed by atoms with Gasteiger partial charge >= 0.3 is 37.9 Å². The van der Waals surface area contributed by atoms with Gasteiger partial charge in [-0.1, -0.05) is 19.9 Å². The van der Waals surface area contributed by atoms with Gasteiger partial charge in [0.25, 0.3) is 0 Å². The zero-order valence-corrected chi connectivity index (χ0v) is 15.8. The minimum atomic E-state index is -0.826. The Morgan fingerprint density at radius 2 is 1.89 bits per heavy atom. The summed E-state index contributed by atoms with van der Waals surface area (Å²) in [5.41, 5.74) is 2.88. The molecule has 0 spiro atoms. The van der Waals surface area contributed by atoms with Gasteiger partial charge in [-0.2, -0.15) is 0 Å². The molecule has 0 aliphatic carbocycles. The van der Waals surface area contributed by atoms with Crippen LogP contribution in [-0.4, -0.2) is 17.9 Å². The van der Waals surface area contributed by atoms with E-state index in [9.17, 15) is 5.11 Å². The van der Waals surface area contributed by atoms with E-state index < -0.39 is 20.8 Å². The van der Waals surface area contributed by atoms with Crippen molar-refractivity contribution >= 4 is 23.2 Å². The molecule has 106 valence electrons. The van der Waals surface area contributed by atoms with Crippen molar-refractivity contribution in [2.24, 2.45) is 10.9 Å². The van der Waals surface area contributed by atoms with Crippen LogP contribution in [0.2, 0.25) is 0 Å². The van der Waals surface area contributed by atoms with E-state index in [1.165, 1.54) is 0 Å². The second kappa shape index (κ2) is 10.9. The van der Waals surface area contributed by atoms with Gasteiger partial charge in [-0.15, -0.1) is 0 Å². The van der Waals surface area contributed by atoms with E-state index in [1.54, 1.807) is 6.21 Å². The summed E-state index contributed by atoms with van der Waals surface area (Å²) in [6, 6.07) is 3.93. The second-order valence-electron chi connectivity index (χ2n) is 4.81. The predicted molar refractivity (Wildman–Crippen MR) is 81.2 cm³/mol. The number of halogens is 2. The van der Waals surface area contributed by atoms with Crippen LogP contribution in [-0.2, 0) is 20.8 Å². The van der Waals surface area contributed by atoms with Crippen molar-refractivity contribution in [1.29, 1.82) is 0 Å². The van der Waals surface area contributed by atoms with Crippen LogP contribution in [0.25, 0.3) is 0 Å². The van der Waals surface area contributed by atoms with Gasteiger partial charge < -0.3 is 5.11 Å². The van der Waals surface area contributed by atoms with E-state index in [1.807, 2.05) is 26.0 Å². The Morgan fingerprint density at radius 1 is 1.32 bits per heavy atom. The van der Waals surface area contributed by atoms with Crippen LogP contribution in [0.4, 0.5) is 0 Å². The molecular formula is C14H21Cl2NOZr. The molecule has 5 heteroatoms. The van der Waals surface area contributed by atoms with Crippen molar-refractivity contribution in [3.8, 4) is 5.75 Å². The summed E-state index contributed by atoms with van der Waals surface area (Å²) in [5.74, 6) is 1.02. The number of aliphatic imine (C=N–C) groups is 1. The van der Waals surface area contributed by atoms with Gasteiger partial charge in [-0.3, -0.25) is 4.99 Å². The molecule has 0 heterocycles. The van der Waals surface area contributed by atoms with Gasteiger partial charge in [0.05, 0.1) is 0 Å². The van der Waals surface area contributed by atoms with Gasteiger partial charge in [0.15, 0.2) is 0 Å². The SMILES string of the molecule is Cc1cc(C)c(O)c(C=NCCC(C)C)c1.[Cl][Zr][Cl]. The van der Waals surface area contributed by atoms with Crippen molar-refractivity contribution in [2.75, 3.05) is 6.54 Å². The third kappa shape index (κ3) is 8.84. The quantitative estimate of drug-likeness (QED) is 0.743. The molecule has 0 amide bonds. The van der Waals surface area contributed by atoms with Crippen LogP contribution >= 0.6 is 17.0 Å². The fourth-order valence-electron chi connectivity index (χ4n) is 1.59. The monoisotopic (exact) mass is 379 g/mol. The topological polar surface area (TPSA) is 32.6 Å². The van der Waals surface area contributed by atoms with Crippen LogP contribution in [0.5, 0.6) is 5.75 Å². The fraction of sp³-hybridized carbons (Fsp3) is 0.500. The fourth-order valence-corrected chi connectivity index (χ4v) is 1.59. The van der Waals surface area contributed by atoms with Crippen LogP contribution in [0, 0.1) is 19.8 Å². The predicted octanol–water partition coefficient (Wildman–Crippen LogP) is 4.85. The Morgan fingerprint density at radius 3 is 2.42 bits per heavy atom. The van der Waals surface area contributed by atoms with Crippen LogP contribution < -0.4 is 0 Å². The van der Waals surface area contributed by atoms with Gasteiger partial charge in [0, 0.05) is 18.3 Å². The maximum atomic E-state index is 9.84. The third-order valence-electron chi connectivity index (χ3n) is 2.54. The third-order valence-corrected chi connectivity index (χ3v) is 2.54. The molecule has 0 unspecified atom stereocenters. The average Bonchev–Trinajstić information content (AvgIpc) is 2.31. The van der Waals surface area contributed by atoms with Crippen LogP contribution in [0.3, 0.4) is 0 Å². The summed E-state index contributed by atoms with van der Waals surface area (Å²) >= 11 is -0.826. The molecule has 0 aliphatic rings. The Hall–Kier alpha value is 0.153. The molecular weight excluding hydrogens is 360 g/mol. The van der Waals surface area contributed by atoms with E-state index in [4.69, 9.17) is 17.0 Å². The maximum absolute atomic E-state index is 9.84. The van der Waals surface area contributed by atoms with E-state index in [0.29, 0.717) is 11.7 Å². The number of benzene rings is 1. The number of phenols is 1. The zero-order chi connectivity index (χ0) is 14.8. The molecule has 0 saturated heterocycles. The Balaban J connectivity index is 0.000000982. The molecule has 0 radical (unpaired) electrons. The van der Waals surface area contributed by atoms with Crippen molar-refractivity contribution < 1.29 is 26.0 Å². The number of rotatable bonds is 4. The van der Waals surface area contributed by atoms with E-state index >= 15 is 0 Å². The number of aryl methyl sites for hydroxylation is 2. The van der Waals surface area contributed by atoms with E-state index in [-0.39, 0.29) is 0 Å².